The van der Waals surface area contributed by atoms with Gasteiger partial charge in [-0.25, -0.2) is 28.6 Å². The van der Waals surface area contributed by atoms with Gasteiger partial charge in [-0.2, -0.15) is 4.57 Å². The molecular weight excluding hydrogens is 661 g/mol. The maximum atomic E-state index is 12.4. The summed E-state index contributed by atoms with van der Waals surface area (Å²) in [5.74, 6) is -1.23. The van der Waals surface area contributed by atoms with Crippen molar-refractivity contribution in [3.05, 3.63) is 42.7 Å². The van der Waals surface area contributed by atoms with Crippen molar-refractivity contribution in [1.82, 2.24) is 19.5 Å². The average molecular weight is 687 g/mol. The molecule has 24 heteroatoms. The predicted molar refractivity (Wildman–Crippen MR) is 141 cm³/mol. The van der Waals surface area contributed by atoms with Gasteiger partial charge >= 0.3 is 13.8 Å². The summed E-state index contributed by atoms with van der Waals surface area (Å²) >= 11 is 0. The standard InChI is InChI=1S/C21H26N6O15P2.Na/c22-17-12-18(24-7-23-17)27(8-25-12)20-16(31)14(29)11(41-20)6-39-44(36,37)42-43(34,35)38-5-10-13(28)15(30)19(40-10)26-3-1-2-9(4-26)21(32)33;/h1-4,7-8,10-11,13-16,19-20,28-31H,5-6H2,(H4-,22,23,24,32,33,34,35,36,37);. The molecule has 0 aromatic carbocycles. The number of fused-ring (bicyclic) bond motifs is 1. The zero-order valence-corrected chi connectivity index (χ0v) is 26.9. The Morgan fingerprint density at radius 3 is 2.42 bits per heavy atom. The summed E-state index contributed by atoms with van der Waals surface area (Å²) in [4.78, 5) is 45.3. The number of phosphoric ester groups is 2. The van der Waals surface area contributed by atoms with Crippen LogP contribution in [0.1, 0.15) is 22.8 Å². The molecule has 10 atom stereocenters. The zero-order valence-electron chi connectivity index (χ0n) is 23.1. The summed E-state index contributed by atoms with van der Waals surface area (Å²) in [5, 5.41) is 50.6. The van der Waals surface area contributed by atoms with E-state index in [0.717, 1.165) is 17.1 Å². The Morgan fingerprint density at radius 1 is 1.04 bits per heavy atom. The molecule has 3 aromatic rings. The molecule has 1 radical (unpaired) electrons. The molecule has 0 bridgehead atoms. The second-order valence-electron chi connectivity index (χ2n) is 9.61. The molecule has 2 fully saturated rings. The number of hydrogen-bond acceptors (Lipinski definition) is 17. The SMILES string of the molecule is Nc1ncnc2c1ncn2C1OC(COP(=O)([O-])OP(=O)(O)OCC2OC([n+]3cccc(C(=O)O)c3)C(O)C2O)C(O)C1O.[Na]. The maximum Gasteiger partial charge on any atom is 0.478 e. The molecule has 10 unspecified atom stereocenters. The molecular formula is C21H26N6NaO15P2. The van der Waals surface area contributed by atoms with Crippen LogP contribution in [0.3, 0.4) is 0 Å². The number of carbonyl (C=O) groups is 1. The molecule has 5 rings (SSSR count). The first kappa shape index (κ1) is 35.8. The third-order valence-electron chi connectivity index (χ3n) is 6.70. The fourth-order valence-electron chi connectivity index (χ4n) is 4.55. The topological polar surface area (TPSA) is 315 Å². The molecule has 2 aliphatic heterocycles. The monoisotopic (exact) mass is 687 g/mol. The number of nitrogen functional groups attached to an aromatic ring is 1. The summed E-state index contributed by atoms with van der Waals surface area (Å²) < 4.78 is 51.3. The van der Waals surface area contributed by atoms with Gasteiger partial charge < -0.3 is 55.1 Å². The minimum absolute atomic E-state index is 0. The number of aliphatic hydroxyl groups excluding tert-OH is 4. The number of nitrogens with two attached hydrogens (primary N) is 1. The molecule has 0 amide bonds. The molecule has 0 aliphatic carbocycles. The summed E-state index contributed by atoms with van der Waals surface area (Å²) in [6.45, 7) is -1.92. The van der Waals surface area contributed by atoms with Gasteiger partial charge in [0, 0.05) is 35.6 Å². The second kappa shape index (κ2) is 14.0. The van der Waals surface area contributed by atoms with Gasteiger partial charge in [0.2, 0.25) is 0 Å². The largest absolute Gasteiger partial charge is 0.756 e. The van der Waals surface area contributed by atoms with Gasteiger partial charge in [0.05, 0.1) is 19.5 Å². The van der Waals surface area contributed by atoms with E-state index in [1.807, 2.05) is 0 Å². The number of rotatable bonds is 11. The quantitative estimate of drug-likeness (QED) is 0.0586. The molecule has 241 valence electrons. The van der Waals surface area contributed by atoms with Crippen LogP contribution < -0.4 is 15.2 Å². The number of aromatic carboxylic acids is 1. The van der Waals surface area contributed by atoms with Crippen molar-refractivity contribution in [3.63, 3.8) is 0 Å². The number of pyridine rings is 1. The molecule has 8 N–H and O–H groups in total. The van der Waals surface area contributed by atoms with E-state index in [-0.39, 0.29) is 52.1 Å². The van der Waals surface area contributed by atoms with Gasteiger partial charge in [0.25, 0.3) is 14.1 Å². The fraction of sp³-hybridized carbons (Fsp3) is 0.476. The Hall–Kier alpha value is -2.01. The third-order valence-corrected chi connectivity index (χ3v) is 9.27. The van der Waals surface area contributed by atoms with Crippen LogP contribution in [0.4, 0.5) is 5.82 Å². The van der Waals surface area contributed by atoms with E-state index in [0.29, 0.717) is 0 Å². The van der Waals surface area contributed by atoms with Crippen LogP contribution in [0, 0.1) is 0 Å². The Bertz CT molecular complexity index is 1630. The first-order valence-corrected chi connectivity index (χ1v) is 15.5. The summed E-state index contributed by atoms with van der Waals surface area (Å²) in [6, 6.07) is 2.62. The summed E-state index contributed by atoms with van der Waals surface area (Å²) in [6.07, 6.45) is -7.43. The zero-order chi connectivity index (χ0) is 32.0. The maximum absolute atomic E-state index is 12.4. The van der Waals surface area contributed by atoms with E-state index in [4.69, 9.17) is 20.3 Å². The number of hydrogen-bond donors (Lipinski definition) is 7. The molecule has 0 saturated carbocycles. The van der Waals surface area contributed by atoms with Gasteiger partial charge in [0.15, 0.2) is 36.2 Å². The van der Waals surface area contributed by atoms with Crippen molar-refractivity contribution >= 4 is 68.2 Å². The molecule has 21 nitrogen and oxygen atoms in total. The number of imidazole rings is 1. The Labute approximate surface area is 274 Å². The number of phosphoric acid groups is 2. The van der Waals surface area contributed by atoms with Crippen LogP contribution in [-0.4, -0.2) is 135 Å². The first-order valence-electron chi connectivity index (χ1n) is 12.5. The van der Waals surface area contributed by atoms with Crippen molar-refractivity contribution in [1.29, 1.82) is 0 Å². The van der Waals surface area contributed by atoms with Gasteiger partial charge in [-0.3, -0.25) is 13.7 Å². The summed E-state index contributed by atoms with van der Waals surface area (Å²) in [7, 11) is -11.1. The van der Waals surface area contributed by atoms with E-state index in [1.54, 1.807) is 0 Å². The van der Waals surface area contributed by atoms with Crippen LogP contribution in [-0.2, 0) is 32.0 Å². The Balaban J connectivity index is 0.00000461. The molecule has 2 saturated heterocycles. The molecule has 5 heterocycles. The Morgan fingerprint density at radius 2 is 1.71 bits per heavy atom. The number of ether oxygens (including phenoxy) is 2. The number of aliphatic hydroxyl groups is 4. The first-order chi connectivity index (χ1) is 20.7. The van der Waals surface area contributed by atoms with Gasteiger partial charge in [-0.05, 0) is 6.07 Å². The van der Waals surface area contributed by atoms with E-state index in [9.17, 15) is 44.1 Å². The number of carboxylic acids is 1. The van der Waals surface area contributed by atoms with Crippen molar-refractivity contribution in [2.45, 2.75) is 49.1 Å². The molecule has 45 heavy (non-hydrogen) atoms. The van der Waals surface area contributed by atoms with Gasteiger partial charge in [-0.1, -0.05) is 0 Å². The predicted octanol–water partition coefficient (Wildman–Crippen LogP) is -3.43. The molecule has 3 aromatic heterocycles. The average Bonchev–Trinajstić information content (AvgIpc) is 3.61. The fourth-order valence-corrected chi connectivity index (χ4v) is 6.60. The van der Waals surface area contributed by atoms with Crippen LogP contribution >= 0.6 is 15.6 Å². The normalized spacial score (nSPS) is 30.9. The minimum atomic E-state index is -5.63. The van der Waals surface area contributed by atoms with Crippen LogP contribution in [0.15, 0.2) is 37.2 Å². The van der Waals surface area contributed by atoms with Crippen LogP contribution in [0.25, 0.3) is 11.2 Å². The smallest absolute Gasteiger partial charge is 0.478 e. The number of carboxylic acid groups (broad SMARTS) is 1. The third kappa shape index (κ3) is 7.77. The van der Waals surface area contributed by atoms with Crippen molar-refractivity contribution in [2.75, 3.05) is 18.9 Å². The minimum Gasteiger partial charge on any atom is -0.756 e. The van der Waals surface area contributed by atoms with E-state index in [1.165, 1.54) is 29.2 Å². The van der Waals surface area contributed by atoms with Crippen molar-refractivity contribution < 1.29 is 76.6 Å². The van der Waals surface area contributed by atoms with Crippen LogP contribution in [0.5, 0.6) is 0 Å². The molecule has 0 spiro atoms. The van der Waals surface area contributed by atoms with Crippen LogP contribution in [0.2, 0.25) is 0 Å². The number of anilines is 1. The number of aromatic nitrogens is 5. The van der Waals surface area contributed by atoms with Crippen molar-refractivity contribution in [3.8, 4) is 0 Å². The second-order valence-corrected chi connectivity index (χ2v) is 12.6. The van der Waals surface area contributed by atoms with Crippen molar-refractivity contribution in [2.24, 2.45) is 0 Å². The van der Waals surface area contributed by atoms with E-state index < -0.39 is 83.9 Å². The van der Waals surface area contributed by atoms with Gasteiger partial charge in [-0.15, -0.1) is 0 Å². The van der Waals surface area contributed by atoms with E-state index in [2.05, 4.69) is 28.3 Å². The molecule has 2 aliphatic rings. The number of nitrogens with zero attached hydrogens (tertiary/aromatic N) is 5. The Kier molecular flexibility index (Phi) is 11.1. The van der Waals surface area contributed by atoms with E-state index >= 15 is 0 Å². The van der Waals surface area contributed by atoms with Gasteiger partial charge in [0.1, 0.15) is 47.9 Å². The summed E-state index contributed by atoms with van der Waals surface area (Å²) in [5.41, 5.74) is 5.90.